The lowest BCUT2D eigenvalue weighted by Gasteiger charge is -2.10. The van der Waals surface area contributed by atoms with E-state index in [-0.39, 0.29) is 5.56 Å². The zero-order valence-electron chi connectivity index (χ0n) is 10.0. The van der Waals surface area contributed by atoms with E-state index < -0.39 is 11.7 Å². The molecule has 0 radical (unpaired) electrons. The maximum absolute atomic E-state index is 13.7. The lowest BCUT2D eigenvalue weighted by atomic mass is 10.1. The minimum absolute atomic E-state index is 0.0416. The second-order valence-electron chi connectivity index (χ2n) is 4.03. The minimum atomic E-state index is -0.587. The van der Waals surface area contributed by atoms with E-state index in [0.29, 0.717) is 15.2 Å². The smallest absolute Gasteiger partial charge is 0.259 e. The summed E-state index contributed by atoms with van der Waals surface area (Å²) in [6, 6.07) is 9.61. The average molecular weight is 343 g/mol. The van der Waals surface area contributed by atoms with Crippen LogP contribution in [0.15, 0.2) is 40.9 Å². The number of amides is 1. The molecule has 0 aliphatic carbocycles. The first-order valence-corrected chi connectivity index (χ1v) is 6.67. The summed E-state index contributed by atoms with van der Waals surface area (Å²) in [4.78, 5) is 12.1. The number of benzene rings is 2. The second kappa shape index (κ2) is 5.72. The summed E-state index contributed by atoms with van der Waals surface area (Å²) in [6.07, 6.45) is 0. The number of aryl methyl sites for hydroxylation is 1. The third-order valence-corrected chi connectivity index (χ3v) is 3.55. The highest BCUT2D eigenvalue weighted by Crippen LogP contribution is 2.25. The topological polar surface area (TPSA) is 29.1 Å². The highest BCUT2D eigenvalue weighted by molar-refractivity contribution is 9.10. The Labute approximate surface area is 123 Å². The van der Waals surface area contributed by atoms with Crippen LogP contribution in [0.3, 0.4) is 0 Å². The van der Waals surface area contributed by atoms with E-state index >= 15 is 0 Å². The van der Waals surface area contributed by atoms with Gasteiger partial charge in [0.2, 0.25) is 0 Å². The summed E-state index contributed by atoms with van der Waals surface area (Å²) in [5, 5.41) is 3.02. The van der Waals surface area contributed by atoms with Gasteiger partial charge in [0.25, 0.3) is 5.91 Å². The van der Waals surface area contributed by atoms with Crippen LogP contribution in [0.2, 0.25) is 5.02 Å². The van der Waals surface area contributed by atoms with E-state index in [1.807, 2.05) is 13.0 Å². The fourth-order valence-corrected chi connectivity index (χ4v) is 2.32. The SMILES string of the molecule is Cc1ccc(Cl)c(NC(=O)c2c(F)cccc2Br)c1. The van der Waals surface area contributed by atoms with Gasteiger partial charge in [0, 0.05) is 4.47 Å². The van der Waals surface area contributed by atoms with Crippen molar-refractivity contribution in [1.82, 2.24) is 0 Å². The first kappa shape index (κ1) is 14.0. The van der Waals surface area contributed by atoms with Crippen molar-refractivity contribution in [2.75, 3.05) is 5.32 Å². The molecule has 0 unspecified atom stereocenters. The van der Waals surface area contributed by atoms with Gasteiger partial charge in [-0.3, -0.25) is 4.79 Å². The normalized spacial score (nSPS) is 10.3. The number of anilines is 1. The largest absolute Gasteiger partial charge is 0.320 e. The highest BCUT2D eigenvalue weighted by atomic mass is 79.9. The van der Waals surface area contributed by atoms with E-state index in [2.05, 4.69) is 21.2 Å². The molecule has 0 saturated carbocycles. The zero-order chi connectivity index (χ0) is 14.0. The minimum Gasteiger partial charge on any atom is -0.320 e. The molecule has 0 heterocycles. The van der Waals surface area contributed by atoms with Crippen molar-refractivity contribution >= 4 is 39.1 Å². The van der Waals surface area contributed by atoms with Crippen molar-refractivity contribution in [3.05, 3.63) is 62.8 Å². The van der Waals surface area contributed by atoms with E-state index in [0.717, 1.165) is 5.56 Å². The van der Waals surface area contributed by atoms with Crippen LogP contribution in [-0.4, -0.2) is 5.91 Å². The molecule has 0 aliphatic rings. The molecule has 0 fully saturated rings. The molecule has 19 heavy (non-hydrogen) atoms. The number of carbonyl (C=O) groups is 1. The molecule has 1 amide bonds. The van der Waals surface area contributed by atoms with E-state index in [4.69, 9.17) is 11.6 Å². The molecule has 2 rings (SSSR count). The van der Waals surface area contributed by atoms with Crippen LogP contribution in [-0.2, 0) is 0 Å². The maximum Gasteiger partial charge on any atom is 0.259 e. The molecular formula is C14H10BrClFNO. The Kier molecular flexibility index (Phi) is 4.22. The van der Waals surface area contributed by atoms with E-state index in [1.165, 1.54) is 12.1 Å². The Balaban J connectivity index is 2.34. The number of hydrogen-bond acceptors (Lipinski definition) is 1. The predicted molar refractivity (Wildman–Crippen MR) is 78.2 cm³/mol. The van der Waals surface area contributed by atoms with Crippen LogP contribution < -0.4 is 5.32 Å². The lowest BCUT2D eigenvalue weighted by molar-refractivity contribution is 0.102. The molecule has 0 bridgehead atoms. The number of hydrogen-bond donors (Lipinski definition) is 1. The Bertz CT molecular complexity index is 625. The van der Waals surface area contributed by atoms with Gasteiger partial charge in [-0.15, -0.1) is 0 Å². The highest BCUT2D eigenvalue weighted by Gasteiger charge is 2.16. The van der Waals surface area contributed by atoms with Gasteiger partial charge in [0.05, 0.1) is 16.3 Å². The van der Waals surface area contributed by atoms with Gasteiger partial charge in [-0.25, -0.2) is 4.39 Å². The molecule has 98 valence electrons. The summed E-state index contributed by atoms with van der Waals surface area (Å²) in [5.74, 6) is -1.13. The molecule has 0 spiro atoms. The molecule has 1 N–H and O–H groups in total. The van der Waals surface area contributed by atoms with Crippen molar-refractivity contribution in [2.45, 2.75) is 6.92 Å². The number of nitrogens with one attached hydrogen (secondary N) is 1. The second-order valence-corrected chi connectivity index (χ2v) is 5.30. The first-order valence-electron chi connectivity index (χ1n) is 5.50. The molecule has 2 aromatic carbocycles. The molecule has 2 aromatic rings. The van der Waals surface area contributed by atoms with Gasteiger partial charge >= 0.3 is 0 Å². The third-order valence-electron chi connectivity index (χ3n) is 2.56. The van der Waals surface area contributed by atoms with E-state index in [1.54, 1.807) is 18.2 Å². The Morgan fingerprint density at radius 1 is 1.32 bits per heavy atom. The maximum atomic E-state index is 13.7. The van der Waals surface area contributed by atoms with Crippen molar-refractivity contribution in [2.24, 2.45) is 0 Å². The summed E-state index contributed by atoms with van der Waals surface area (Å²) >= 11 is 9.15. The molecule has 0 aliphatic heterocycles. The molecule has 0 saturated heterocycles. The van der Waals surface area contributed by atoms with Crippen LogP contribution in [0.1, 0.15) is 15.9 Å². The van der Waals surface area contributed by atoms with Crippen LogP contribution in [0.25, 0.3) is 0 Å². The van der Waals surface area contributed by atoms with Gasteiger partial charge in [-0.05, 0) is 52.7 Å². The predicted octanol–water partition coefficient (Wildman–Crippen LogP) is 4.80. The fraction of sp³-hybridized carbons (Fsp3) is 0.0714. The van der Waals surface area contributed by atoms with Crippen molar-refractivity contribution in [3.63, 3.8) is 0 Å². The monoisotopic (exact) mass is 341 g/mol. The molecule has 2 nitrogen and oxygen atoms in total. The van der Waals surface area contributed by atoms with E-state index in [9.17, 15) is 9.18 Å². The quantitative estimate of drug-likeness (QED) is 0.834. The molecular weight excluding hydrogens is 333 g/mol. The standard InChI is InChI=1S/C14H10BrClFNO/c1-8-5-6-10(16)12(7-8)18-14(19)13-9(15)3-2-4-11(13)17/h2-7H,1H3,(H,18,19). The molecule has 5 heteroatoms. The number of rotatable bonds is 2. The molecule has 0 atom stereocenters. The Hall–Kier alpha value is -1.39. The number of halogens is 3. The van der Waals surface area contributed by atoms with Crippen LogP contribution >= 0.6 is 27.5 Å². The summed E-state index contributed by atoms with van der Waals surface area (Å²) in [7, 11) is 0. The van der Waals surface area contributed by atoms with Crippen LogP contribution in [0.4, 0.5) is 10.1 Å². The van der Waals surface area contributed by atoms with Crippen molar-refractivity contribution in [1.29, 1.82) is 0 Å². The van der Waals surface area contributed by atoms with Gasteiger partial charge in [0.15, 0.2) is 0 Å². The summed E-state index contributed by atoms with van der Waals surface area (Å²) in [5.41, 5.74) is 1.37. The number of carbonyl (C=O) groups excluding carboxylic acids is 1. The first-order chi connectivity index (χ1) is 8.99. The van der Waals surface area contributed by atoms with Gasteiger partial charge in [0.1, 0.15) is 5.82 Å². The fourth-order valence-electron chi connectivity index (χ4n) is 1.63. The van der Waals surface area contributed by atoms with Crippen LogP contribution in [0.5, 0.6) is 0 Å². The van der Waals surface area contributed by atoms with Crippen molar-refractivity contribution < 1.29 is 9.18 Å². The third kappa shape index (κ3) is 3.14. The zero-order valence-corrected chi connectivity index (χ0v) is 12.3. The van der Waals surface area contributed by atoms with Crippen molar-refractivity contribution in [3.8, 4) is 0 Å². The van der Waals surface area contributed by atoms with Gasteiger partial charge in [-0.1, -0.05) is 23.7 Å². The van der Waals surface area contributed by atoms with Gasteiger partial charge in [-0.2, -0.15) is 0 Å². The summed E-state index contributed by atoms with van der Waals surface area (Å²) in [6.45, 7) is 1.88. The average Bonchev–Trinajstić information content (AvgIpc) is 2.33. The lowest BCUT2D eigenvalue weighted by Crippen LogP contribution is -2.15. The molecule has 0 aromatic heterocycles. The Morgan fingerprint density at radius 3 is 2.74 bits per heavy atom. The van der Waals surface area contributed by atoms with Crippen LogP contribution in [0, 0.1) is 12.7 Å². The van der Waals surface area contributed by atoms with Gasteiger partial charge < -0.3 is 5.32 Å². The Morgan fingerprint density at radius 2 is 2.05 bits per heavy atom. The summed E-state index contributed by atoms with van der Waals surface area (Å²) < 4.78 is 14.1.